The van der Waals surface area contributed by atoms with Crippen molar-refractivity contribution in [1.29, 1.82) is 0 Å². The molecule has 2 heterocycles. The van der Waals surface area contributed by atoms with E-state index in [0.29, 0.717) is 26.1 Å². The van der Waals surface area contributed by atoms with Crippen LogP contribution in [0.1, 0.15) is 21.1 Å². The van der Waals surface area contributed by atoms with Crippen LogP contribution in [0.4, 0.5) is 0 Å². The Morgan fingerprint density at radius 2 is 2.03 bits per heavy atom. The number of aryl methyl sites for hydroxylation is 1. The fourth-order valence-corrected chi connectivity index (χ4v) is 3.95. The molecule has 0 spiro atoms. The number of aromatic nitrogens is 2. The Hall–Kier alpha value is -3.12. The number of fused-ring (bicyclic) bond motifs is 1. The topological polar surface area (TPSA) is 56.1 Å². The molecule has 148 valence electrons. The highest BCUT2D eigenvalue weighted by Gasteiger charge is 2.12. The minimum absolute atomic E-state index is 0.0366. The summed E-state index contributed by atoms with van der Waals surface area (Å²) in [6.07, 6.45) is 0.663. The predicted octanol–water partition coefficient (Wildman–Crippen LogP) is 4.46. The summed E-state index contributed by atoms with van der Waals surface area (Å²) in [5.41, 5.74) is 3.22. The van der Waals surface area contributed by atoms with Crippen molar-refractivity contribution < 1.29 is 9.53 Å². The van der Waals surface area contributed by atoms with Crippen molar-refractivity contribution >= 4 is 28.3 Å². The molecule has 2 aromatic heterocycles. The maximum atomic E-state index is 12.2. The number of hydrogen-bond acceptors (Lipinski definition) is 4. The fourth-order valence-electron chi connectivity index (χ4n) is 3.31. The Kier molecular flexibility index (Phi) is 5.91. The van der Waals surface area contributed by atoms with Crippen LogP contribution in [0.5, 0.6) is 5.75 Å². The van der Waals surface area contributed by atoms with E-state index in [1.165, 1.54) is 16.9 Å². The van der Waals surface area contributed by atoms with Crippen molar-refractivity contribution in [1.82, 2.24) is 14.9 Å². The number of rotatable bonds is 8. The summed E-state index contributed by atoms with van der Waals surface area (Å²) in [5.74, 6) is 1.79. The van der Waals surface area contributed by atoms with Crippen molar-refractivity contribution in [3.63, 3.8) is 0 Å². The highest BCUT2D eigenvalue weighted by molar-refractivity contribution is 7.12. The van der Waals surface area contributed by atoms with Gasteiger partial charge in [-0.1, -0.05) is 30.3 Å². The van der Waals surface area contributed by atoms with Gasteiger partial charge in [0.2, 0.25) is 0 Å². The van der Waals surface area contributed by atoms with E-state index >= 15 is 0 Å². The van der Waals surface area contributed by atoms with E-state index in [4.69, 9.17) is 9.72 Å². The lowest BCUT2D eigenvalue weighted by Crippen LogP contribution is -2.26. The first-order valence-electron chi connectivity index (χ1n) is 9.66. The molecule has 0 saturated heterocycles. The molecule has 4 rings (SSSR count). The standard InChI is InChI=1S/C23H23N3O2S/c1-17-6-4-7-18(16-17)28-14-13-26-20-9-3-2-8-19(20)25-22(26)11-12-24-23(27)21-10-5-15-29-21/h2-10,15-16H,11-14H2,1H3,(H,24,27). The second-order valence-electron chi connectivity index (χ2n) is 6.82. The number of hydrogen-bond donors (Lipinski definition) is 1. The fraction of sp³-hybridized carbons (Fsp3) is 0.217. The smallest absolute Gasteiger partial charge is 0.261 e. The molecule has 0 aliphatic carbocycles. The lowest BCUT2D eigenvalue weighted by Gasteiger charge is -2.11. The lowest BCUT2D eigenvalue weighted by molar-refractivity contribution is 0.0958. The molecule has 29 heavy (non-hydrogen) atoms. The lowest BCUT2D eigenvalue weighted by atomic mass is 10.2. The van der Waals surface area contributed by atoms with Crippen LogP contribution in [0.3, 0.4) is 0 Å². The van der Waals surface area contributed by atoms with Gasteiger partial charge in [0.25, 0.3) is 5.91 Å². The third kappa shape index (κ3) is 4.66. The number of benzene rings is 2. The molecule has 2 aromatic carbocycles. The molecular weight excluding hydrogens is 382 g/mol. The van der Waals surface area contributed by atoms with Crippen LogP contribution in [0.2, 0.25) is 0 Å². The first-order chi connectivity index (χ1) is 14.2. The number of nitrogens with zero attached hydrogens (tertiary/aromatic N) is 2. The molecular formula is C23H23N3O2S. The van der Waals surface area contributed by atoms with E-state index in [0.717, 1.165) is 27.5 Å². The zero-order valence-corrected chi connectivity index (χ0v) is 17.1. The maximum Gasteiger partial charge on any atom is 0.261 e. The molecule has 1 N–H and O–H groups in total. The zero-order chi connectivity index (χ0) is 20.1. The Bertz CT molecular complexity index is 1100. The third-order valence-corrected chi connectivity index (χ3v) is 5.55. The van der Waals surface area contributed by atoms with E-state index in [1.54, 1.807) is 0 Å². The molecule has 0 aliphatic rings. The summed E-state index contributed by atoms with van der Waals surface area (Å²) in [4.78, 5) is 17.7. The minimum Gasteiger partial charge on any atom is -0.492 e. The van der Waals surface area contributed by atoms with Crippen molar-refractivity contribution in [2.75, 3.05) is 13.2 Å². The first-order valence-corrected chi connectivity index (χ1v) is 10.5. The summed E-state index contributed by atoms with van der Waals surface area (Å²) in [5, 5.41) is 4.89. The second-order valence-corrected chi connectivity index (χ2v) is 7.76. The molecule has 0 fully saturated rings. The normalized spacial score (nSPS) is 10.9. The van der Waals surface area contributed by atoms with Gasteiger partial charge in [-0.05, 0) is 48.2 Å². The van der Waals surface area contributed by atoms with Crippen molar-refractivity contribution in [2.24, 2.45) is 0 Å². The van der Waals surface area contributed by atoms with Gasteiger partial charge in [-0.25, -0.2) is 4.98 Å². The first kappa shape index (κ1) is 19.2. The number of para-hydroxylation sites is 2. The van der Waals surface area contributed by atoms with Gasteiger partial charge in [0.15, 0.2) is 0 Å². The largest absolute Gasteiger partial charge is 0.492 e. The van der Waals surface area contributed by atoms with Gasteiger partial charge >= 0.3 is 0 Å². The SMILES string of the molecule is Cc1cccc(OCCn2c(CCNC(=O)c3cccs3)nc3ccccc32)c1. The third-order valence-electron chi connectivity index (χ3n) is 4.69. The van der Waals surface area contributed by atoms with Gasteiger partial charge in [0, 0.05) is 13.0 Å². The highest BCUT2D eigenvalue weighted by atomic mass is 32.1. The van der Waals surface area contributed by atoms with Crippen molar-refractivity contribution in [3.05, 3.63) is 82.3 Å². The van der Waals surface area contributed by atoms with Crippen LogP contribution in [0, 0.1) is 6.92 Å². The van der Waals surface area contributed by atoms with Gasteiger partial charge in [-0.3, -0.25) is 4.79 Å². The van der Waals surface area contributed by atoms with Crippen molar-refractivity contribution in [3.8, 4) is 5.75 Å². The molecule has 5 nitrogen and oxygen atoms in total. The highest BCUT2D eigenvalue weighted by Crippen LogP contribution is 2.18. The van der Waals surface area contributed by atoms with E-state index < -0.39 is 0 Å². The zero-order valence-electron chi connectivity index (χ0n) is 16.3. The van der Waals surface area contributed by atoms with E-state index in [1.807, 2.05) is 53.9 Å². The molecule has 0 unspecified atom stereocenters. The number of nitrogens with one attached hydrogen (secondary N) is 1. The quantitative estimate of drug-likeness (QED) is 0.471. The summed E-state index contributed by atoms with van der Waals surface area (Å²) < 4.78 is 8.12. The number of imidazole rings is 1. The molecule has 0 atom stereocenters. The van der Waals surface area contributed by atoms with Gasteiger partial charge in [0.1, 0.15) is 18.2 Å². The van der Waals surface area contributed by atoms with Crippen LogP contribution < -0.4 is 10.1 Å². The molecule has 0 saturated carbocycles. The Labute approximate surface area is 174 Å². The Morgan fingerprint density at radius 3 is 2.86 bits per heavy atom. The number of thiophene rings is 1. The molecule has 0 bridgehead atoms. The number of ether oxygens (including phenoxy) is 1. The average molecular weight is 406 g/mol. The monoisotopic (exact) mass is 405 g/mol. The Balaban J connectivity index is 1.43. The minimum atomic E-state index is -0.0366. The van der Waals surface area contributed by atoms with Crippen LogP contribution in [-0.2, 0) is 13.0 Å². The number of carbonyl (C=O) groups is 1. The molecule has 1 amide bonds. The van der Waals surface area contributed by atoms with E-state index in [2.05, 4.69) is 28.9 Å². The molecule has 4 aromatic rings. The van der Waals surface area contributed by atoms with Crippen LogP contribution in [0.25, 0.3) is 11.0 Å². The van der Waals surface area contributed by atoms with Gasteiger partial charge in [-0.2, -0.15) is 0 Å². The average Bonchev–Trinajstić information content (AvgIpc) is 3.37. The number of amides is 1. The van der Waals surface area contributed by atoms with E-state index in [9.17, 15) is 4.79 Å². The van der Waals surface area contributed by atoms with Gasteiger partial charge in [0.05, 0.1) is 22.5 Å². The summed E-state index contributed by atoms with van der Waals surface area (Å²) in [7, 11) is 0. The van der Waals surface area contributed by atoms with Gasteiger partial charge < -0.3 is 14.6 Å². The summed E-state index contributed by atoms with van der Waals surface area (Å²) in [6.45, 7) is 3.85. The Morgan fingerprint density at radius 1 is 1.14 bits per heavy atom. The second kappa shape index (κ2) is 8.92. The van der Waals surface area contributed by atoms with Crippen LogP contribution in [-0.4, -0.2) is 28.6 Å². The number of carbonyl (C=O) groups excluding carboxylic acids is 1. The van der Waals surface area contributed by atoms with Crippen LogP contribution in [0.15, 0.2) is 66.0 Å². The molecule has 0 aliphatic heterocycles. The van der Waals surface area contributed by atoms with E-state index in [-0.39, 0.29) is 5.91 Å². The molecule has 6 heteroatoms. The predicted molar refractivity (Wildman–Crippen MR) is 117 cm³/mol. The van der Waals surface area contributed by atoms with Gasteiger partial charge in [-0.15, -0.1) is 11.3 Å². The van der Waals surface area contributed by atoms with Crippen molar-refractivity contribution in [2.45, 2.75) is 19.9 Å². The molecule has 0 radical (unpaired) electrons. The maximum absolute atomic E-state index is 12.2. The summed E-state index contributed by atoms with van der Waals surface area (Å²) >= 11 is 1.44. The summed E-state index contributed by atoms with van der Waals surface area (Å²) in [6, 6.07) is 19.9. The van der Waals surface area contributed by atoms with Crippen LogP contribution >= 0.6 is 11.3 Å².